The lowest BCUT2D eigenvalue weighted by molar-refractivity contribution is -0.288. The van der Waals surface area contributed by atoms with Crippen LogP contribution in [0, 0.1) is 0 Å². The van der Waals surface area contributed by atoms with E-state index in [-0.39, 0.29) is 34.1 Å². The fraction of sp³-hybridized carbons (Fsp3) is 0.958. The number of esters is 2. The van der Waals surface area contributed by atoms with Gasteiger partial charge in [-0.15, -0.1) is 0 Å². The highest BCUT2D eigenvalue weighted by Crippen LogP contribution is 2.42. The van der Waals surface area contributed by atoms with Gasteiger partial charge in [-0.3, -0.25) is 29.1 Å². The largest absolute Gasteiger partial charge is 0.469 e. The Hall–Kier alpha value is -1.30. The number of rotatable bonds is 31. The maximum Gasteiger partial charge on any atom is 0.306 e. The molecule has 0 unspecified atom stereocenters. The summed E-state index contributed by atoms with van der Waals surface area (Å²) in [5.41, 5.74) is -0.480. The van der Waals surface area contributed by atoms with E-state index >= 15 is 0 Å². The van der Waals surface area contributed by atoms with Crippen LogP contribution in [0.2, 0.25) is 0 Å². The molecule has 0 aromatic carbocycles. The van der Waals surface area contributed by atoms with Crippen molar-refractivity contribution in [1.82, 2.24) is 19.9 Å². The highest BCUT2D eigenvalue weighted by Gasteiger charge is 2.49. The molecule has 2 aliphatic rings. The van der Waals surface area contributed by atoms with E-state index in [1.165, 1.54) is 78.4 Å². The van der Waals surface area contributed by atoms with Crippen LogP contribution in [0.3, 0.4) is 0 Å². The van der Waals surface area contributed by atoms with Gasteiger partial charge in [0, 0.05) is 47.3 Å². The van der Waals surface area contributed by atoms with E-state index in [9.17, 15) is 9.59 Å². The standard InChI is InChI=1S/C48H94N4O6/c1-13-15-17-19-23-27-35-57-51-45(3,4)37-41(38-46(51,5)6)49(33-29-43(53)55-11)31-25-21-22-26-32-50(34-30-44(54)56-12)42-39-47(7,8)52(48(9,10)40-42)58-36-28-24-20-18-16-14-2/h41-42H,13-40H2,1-12H3. The Morgan fingerprint density at radius 3 is 1.07 bits per heavy atom. The molecule has 10 heteroatoms. The molecule has 0 N–H and O–H groups in total. The maximum atomic E-state index is 12.3. The molecule has 0 saturated carbocycles. The van der Waals surface area contributed by atoms with E-state index in [1.807, 2.05) is 0 Å². The summed E-state index contributed by atoms with van der Waals surface area (Å²) in [7, 11) is 2.98. The zero-order valence-electron chi connectivity index (χ0n) is 40.2. The molecule has 0 radical (unpaired) electrons. The highest BCUT2D eigenvalue weighted by atomic mass is 16.7. The van der Waals surface area contributed by atoms with Gasteiger partial charge in [0.1, 0.15) is 0 Å². The third kappa shape index (κ3) is 18.8. The molecule has 0 aromatic rings. The number of nitrogens with zero attached hydrogens (tertiary/aromatic N) is 4. The van der Waals surface area contributed by atoms with Gasteiger partial charge in [0.2, 0.25) is 0 Å². The minimum Gasteiger partial charge on any atom is -0.469 e. The quantitative estimate of drug-likeness (QED) is 0.0498. The van der Waals surface area contributed by atoms with E-state index in [2.05, 4.69) is 89.2 Å². The van der Waals surface area contributed by atoms with Gasteiger partial charge >= 0.3 is 11.9 Å². The second-order valence-electron chi connectivity index (χ2n) is 20.3. The van der Waals surface area contributed by atoms with Crippen molar-refractivity contribution in [2.45, 2.75) is 245 Å². The molecule has 0 amide bonds. The van der Waals surface area contributed by atoms with Crippen LogP contribution in [0.4, 0.5) is 0 Å². The van der Waals surface area contributed by atoms with Gasteiger partial charge in [-0.05, 0) is 120 Å². The van der Waals surface area contributed by atoms with Crippen molar-refractivity contribution in [2.75, 3.05) is 53.6 Å². The molecule has 0 aromatic heterocycles. The maximum absolute atomic E-state index is 12.3. The molecule has 0 spiro atoms. The van der Waals surface area contributed by atoms with E-state index in [1.54, 1.807) is 0 Å². The lowest BCUT2D eigenvalue weighted by Crippen LogP contribution is -2.64. The normalized spacial score (nSPS) is 19.9. The first kappa shape index (κ1) is 52.8. The molecule has 0 aliphatic carbocycles. The van der Waals surface area contributed by atoms with Crippen molar-refractivity contribution in [3.8, 4) is 0 Å². The molecule has 2 rings (SSSR count). The lowest BCUT2D eigenvalue weighted by Gasteiger charge is -2.55. The molecule has 2 aliphatic heterocycles. The number of hydrogen-bond donors (Lipinski definition) is 0. The van der Waals surface area contributed by atoms with Crippen LogP contribution in [0.15, 0.2) is 0 Å². The summed E-state index contributed by atoms with van der Waals surface area (Å²) < 4.78 is 10.2. The van der Waals surface area contributed by atoms with Crippen LogP contribution in [-0.4, -0.2) is 120 Å². The van der Waals surface area contributed by atoms with Crippen LogP contribution >= 0.6 is 0 Å². The summed E-state index contributed by atoms with van der Waals surface area (Å²) >= 11 is 0. The Bertz CT molecular complexity index is 1010. The number of carbonyl (C=O) groups is 2. The van der Waals surface area contributed by atoms with Crippen molar-refractivity contribution in [1.29, 1.82) is 0 Å². The van der Waals surface area contributed by atoms with Crippen LogP contribution in [0.5, 0.6) is 0 Å². The number of hydrogen-bond acceptors (Lipinski definition) is 10. The molecule has 2 fully saturated rings. The Kier molecular flexibility index (Phi) is 24.5. The molecule has 2 heterocycles. The molecule has 342 valence electrons. The predicted molar refractivity (Wildman–Crippen MR) is 240 cm³/mol. The monoisotopic (exact) mass is 823 g/mol. The third-order valence-electron chi connectivity index (χ3n) is 12.9. The van der Waals surface area contributed by atoms with E-state index in [0.29, 0.717) is 24.9 Å². The first-order valence-corrected chi connectivity index (χ1v) is 23.9. The molecule has 0 atom stereocenters. The molecular weight excluding hydrogens is 729 g/mol. The molecular formula is C48H94N4O6. The molecule has 10 nitrogen and oxygen atoms in total. The topological polar surface area (TPSA) is 84.0 Å². The number of unbranched alkanes of at least 4 members (excludes halogenated alkanes) is 13. The third-order valence-corrected chi connectivity index (χ3v) is 12.9. The first-order chi connectivity index (χ1) is 27.4. The van der Waals surface area contributed by atoms with Crippen molar-refractivity contribution in [3.63, 3.8) is 0 Å². The minimum atomic E-state index is -0.142. The minimum absolute atomic E-state index is 0.120. The Labute approximate surface area is 358 Å². The summed E-state index contributed by atoms with van der Waals surface area (Å²) in [5.74, 6) is -0.284. The summed E-state index contributed by atoms with van der Waals surface area (Å²) in [6.45, 7) is 28.0. The number of piperidine rings is 2. The smallest absolute Gasteiger partial charge is 0.306 e. The number of carbonyl (C=O) groups excluding carboxylic acids is 2. The van der Waals surface area contributed by atoms with Crippen molar-refractivity contribution < 1.29 is 28.7 Å². The summed E-state index contributed by atoms with van der Waals surface area (Å²) in [4.78, 5) is 42.9. The van der Waals surface area contributed by atoms with Gasteiger partial charge in [-0.25, -0.2) is 0 Å². The van der Waals surface area contributed by atoms with Crippen LogP contribution in [0.1, 0.15) is 210 Å². The Morgan fingerprint density at radius 1 is 0.466 bits per heavy atom. The van der Waals surface area contributed by atoms with Crippen LogP contribution in [-0.2, 0) is 28.7 Å². The zero-order chi connectivity index (χ0) is 43.2. The van der Waals surface area contributed by atoms with E-state index in [4.69, 9.17) is 19.1 Å². The van der Waals surface area contributed by atoms with Gasteiger partial charge in [0.05, 0.1) is 40.3 Å². The second-order valence-corrected chi connectivity index (χ2v) is 20.3. The second kappa shape index (κ2) is 26.9. The Morgan fingerprint density at radius 2 is 0.759 bits per heavy atom. The van der Waals surface area contributed by atoms with Gasteiger partial charge in [0.15, 0.2) is 0 Å². The Balaban J connectivity index is 1.99. The summed E-state index contributed by atoms with van der Waals surface area (Å²) in [5, 5.41) is 4.59. The van der Waals surface area contributed by atoms with Crippen LogP contribution < -0.4 is 0 Å². The fourth-order valence-corrected chi connectivity index (χ4v) is 10.3. The summed E-state index contributed by atoms with van der Waals surface area (Å²) in [6, 6.07) is 0.731. The summed E-state index contributed by atoms with van der Waals surface area (Å²) in [6.07, 6.45) is 24.4. The average molecular weight is 823 g/mol. The van der Waals surface area contributed by atoms with Crippen molar-refractivity contribution >= 4 is 11.9 Å². The molecule has 0 bridgehead atoms. The average Bonchev–Trinajstić information content (AvgIpc) is 3.14. The molecule has 58 heavy (non-hydrogen) atoms. The highest BCUT2D eigenvalue weighted by molar-refractivity contribution is 5.69. The molecule has 2 saturated heterocycles. The van der Waals surface area contributed by atoms with E-state index < -0.39 is 0 Å². The van der Waals surface area contributed by atoms with Crippen LogP contribution in [0.25, 0.3) is 0 Å². The van der Waals surface area contributed by atoms with Gasteiger partial charge in [0.25, 0.3) is 0 Å². The lowest BCUT2D eigenvalue weighted by atomic mass is 9.78. The first-order valence-electron chi connectivity index (χ1n) is 23.9. The number of ether oxygens (including phenoxy) is 2. The van der Waals surface area contributed by atoms with Gasteiger partial charge < -0.3 is 9.47 Å². The fourth-order valence-electron chi connectivity index (χ4n) is 10.3. The number of methoxy groups -OCH3 is 2. The zero-order valence-corrected chi connectivity index (χ0v) is 40.2. The van der Waals surface area contributed by atoms with Gasteiger partial charge in [-0.2, -0.15) is 10.1 Å². The van der Waals surface area contributed by atoms with Crippen molar-refractivity contribution in [2.24, 2.45) is 0 Å². The van der Waals surface area contributed by atoms with E-state index in [0.717, 1.165) is 104 Å². The van der Waals surface area contributed by atoms with Crippen molar-refractivity contribution in [3.05, 3.63) is 0 Å². The number of hydroxylamine groups is 4. The predicted octanol–water partition coefficient (Wildman–Crippen LogP) is 10.9. The SMILES string of the molecule is CCCCCCCCON1C(C)(C)CC(N(CCCCCCN(CCC(=O)OC)C2CC(C)(C)N(OCCCCCCCC)C(C)(C)C2)CCC(=O)OC)CC1(C)C. The van der Waals surface area contributed by atoms with Gasteiger partial charge in [-0.1, -0.05) is 90.9 Å².